The standard InChI is InChI=1S/C19H18O6/c1-11(2)23-15-10-14-17(18(21)19(15)22-3)13(20)9-16(25-14)24-12-7-5-4-6-8-12/h4-11,21H,1-3H3. The van der Waals surface area contributed by atoms with Crippen molar-refractivity contribution in [2.75, 3.05) is 7.11 Å². The van der Waals surface area contributed by atoms with E-state index in [1.165, 1.54) is 19.2 Å². The van der Waals surface area contributed by atoms with Crippen molar-refractivity contribution in [3.05, 3.63) is 52.7 Å². The Morgan fingerprint density at radius 3 is 2.48 bits per heavy atom. The molecule has 6 nitrogen and oxygen atoms in total. The summed E-state index contributed by atoms with van der Waals surface area (Å²) in [6.45, 7) is 3.68. The maximum atomic E-state index is 12.4. The fourth-order valence-electron chi connectivity index (χ4n) is 2.43. The Labute approximate surface area is 144 Å². The molecular weight excluding hydrogens is 324 g/mol. The quantitative estimate of drug-likeness (QED) is 0.752. The molecular formula is C19H18O6. The van der Waals surface area contributed by atoms with Gasteiger partial charge in [0.15, 0.2) is 11.5 Å². The zero-order valence-corrected chi connectivity index (χ0v) is 14.1. The minimum absolute atomic E-state index is 0.00775. The number of phenols is 1. The van der Waals surface area contributed by atoms with Gasteiger partial charge >= 0.3 is 0 Å². The fourth-order valence-corrected chi connectivity index (χ4v) is 2.43. The molecule has 0 spiro atoms. The summed E-state index contributed by atoms with van der Waals surface area (Å²) in [6, 6.07) is 11.6. The Balaban J connectivity index is 2.14. The van der Waals surface area contributed by atoms with E-state index in [1.807, 2.05) is 19.9 Å². The van der Waals surface area contributed by atoms with Crippen LogP contribution in [0.5, 0.6) is 28.9 Å². The summed E-state index contributed by atoms with van der Waals surface area (Å²) in [5.74, 6) is 0.591. The molecule has 3 aromatic rings. The SMILES string of the molecule is COc1c(OC(C)C)cc2oc(Oc3ccccc3)cc(=O)c2c1O. The molecule has 0 fully saturated rings. The molecule has 0 amide bonds. The van der Waals surface area contributed by atoms with E-state index < -0.39 is 5.43 Å². The van der Waals surface area contributed by atoms with Gasteiger partial charge in [-0.25, -0.2) is 0 Å². The lowest BCUT2D eigenvalue weighted by Crippen LogP contribution is -2.08. The highest BCUT2D eigenvalue weighted by Crippen LogP contribution is 2.42. The first-order valence-corrected chi connectivity index (χ1v) is 7.77. The molecule has 0 unspecified atom stereocenters. The van der Waals surface area contributed by atoms with Crippen LogP contribution in [0.3, 0.4) is 0 Å². The molecule has 1 heterocycles. The van der Waals surface area contributed by atoms with E-state index in [1.54, 1.807) is 24.3 Å². The van der Waals surface area contributed by atoms with Crippen LogP contribution in [0.25, 0.3) is 11.0 Å². The summed E-state index contributed by atoms with van der Waals surface area (Å²) < 4.78 is 22.0. The summed E-state index contributed by atoms with van der Waals surface area (Å²) in [4.78, 5) is 12.4. The summed E-state index contributed by atoms with van der Waals surface area (Å²) >= 11 is 0. The molecule has 2 aromatic carbocycles. The number of hydrogen-bond acceptors (Lipinski definition) is 6. The van der Waals surface area contributed by atoms with Crippen molar-refractivity contribution in [2.45, 2.75) is 20.0 Å². The van der Waals surface area contributed by atoms with Gasteiger partial charge in [0.2, 0.25) is 11.2 Å². The highest BCUT2D eigenvalue weighted by atomic mass is 16.6. The monoisotopic (exact) mass is 342 g/mol. The van der Waals surface area contributed by atoms with Crippen molar-refractivity contribution in [3.8, 4) is 28.9 Å². The first-order chi connectivity index (χ1) is 12.0. The molecule has 0 aliphatic heterocycles. The van der Waals surface area contributed by atoms with Gasteiger partial charge in [-0.1, -0.05) is 18.2 Å². The van der Waals surface area contributed by atoms with Crippen molar-refractivity contribution < 1.29 is 23.7 Å². The summed E-state index contributed by atoms with van der Waals surface area (Å²) in [6.07, 6.45) is -0.152. The van der Waals surface area contributed by atoms with Crippen LogP contribution in [0.4, 0.5) is 0 Å². The van der Waals surface area contributed by atoms with Gasteiger partial charge in [0.05, 0.1) is 19.3 Å². The van der Waals surface area contributed by atoms with E-state index in [-0.39, 0.29) is 40.3 Å². The number of phenolic OH excluding ortho intramolecular Hbond substituents is 1. The van der Waals surface area contributed by atoms with Gasteiger partial charge < -0.3 is 23.7 Å². The molecule has 1 N–H and O–H groups in total. The van der Waals surface area contributed by atoms with Gasteiger partial charge in [0.25, 0.3) is 5.95 Å². The average molecular weight is 342 g/mol. The van der Waals surface area contributed by atoms with Crippen LogP contribution in [0.15, 0.2) is 51.7 Å². The van der Waals surface area contributed by atoms with E-state index in [0.29, 0.717) is 5.75 Å². The van der Waals surface area contributed by atoms with Crippen molar-refractivity contribution in [1.29, 1.82) is 0 Å². The third-order valence-corrected chi connectivity index (χ3v) is 3.42. The second-order valence-electron chi connectivity index (χ2n) is 5.64. The zero-order chi connectivity index (χ0) is 18.0. The van der Waals surface area contributed by atoms with Gasteiger partial charge in [0.1, 0.15) is 16.7 Å². The zero-order valence-electron chi connectivity index (χ0n) is 14.1. The summed E-state index contributed by atoms with van der Waals surface area (Å²) in [5, 5.41) is 10.4. The van der Waals surface area contributed by atoms with Gasteiger partial charge in [-0.15, -0.1) is 0 Å². The minimum atomic E-state index is -0.445. The lowest BCUT2D eigenvalue weighted by Gasteiger charge is -2.15. The molecule has 130 valence electrons. The Morgan fingerprint density at radius 1 is 1.12 bits per heavy atom. The molecule has 0 aliphatic carbocycles. The minimum Gasteiger partial charge on any atom is -0.504 e. The van der Waals surface area contributed by atoms with Crippen LogP contribution in [-0.4, -0.2) is 18.3 Å². The molecule has 0 atom stereocenters. The van der Waals surface area contributed by atoms with Crippen molar-refractivity contribution in [2.24, 2.45) is 0 Å². The fraction of sp³-hybridized carbons (Fsp3) is 0.211. The largest absolute Gasteiger partial charge is 0.504 e. The van der Waals surface area contributed by atoms with Crippen LogP contribution >= 0.6 is 0 Å². The van der Waals surface area contributed by atoms with Gasteiger partial charge in [0, 0.05) is 6.07 Å². The predicted octanol–water partition coefficient (Wildman–Crippen LogP) is 4.09. The molecule has 1 aromatic heterocycles. The molecule has 0 saturated carbocycles. The number of rotatable bonds is 5. The number of ether oxygens (including phenoxy) is 3. The lowest BCUT2D eigenvalue weighted by atomic mass is 10.2. The number of fused-ring (bicyclic) bond motifs is 1. The van der Waals surface area contributed by atoms with E-state index >= 15 is 0 Å². The third-order valence-electron chi connectivity index (χ3n) is 3.42. The van der Waals surface area contributed by atoms with E-state index in [0.717, 1.165) is 0 Å². The van der Waals surface area contributed by atoms with Crippen LogP contribution in [0.1, 0.15) is 13.8 Å². The Bertz CT molecular complexity index is 944. The van der Waals surface area contributed by atoms with Crippen LogP contribution in [0, 0.1) is 0 Å². The topological polar surface area (TPSA) is 78.1 Å². The van der Waals surface area contributed by atoms with E-state index in [4.69, 9.17) is 18.6 Å². The molecule has 0 aliphatic rings. The normalized spacial score (nSPS) is 10.9. The number of aromatic hydroxyl groups is 1. The third kappa shape index (κ3) is 3.38. The molecule has 0 bridgehead atoms. The number of methoxy groups -OCH3 is 1. The Hall–Kier alpha value is -3.15. The van der Waals surface area contributed by atoms with Crippen molar-refractivity contribution in [3.63, 3.8) is 0 Å². The van der Waals surface area contributed by atoms with Gasteiger partial charge in [-0.05, 0) is 26.0 Å². The smallest absolute Gasteiger partial charge is 0.294 e. The van der Waals surface area contributed by atoms with E-state index in [9.17, 15) is 9.90 Å². The first-order valence-electron chi connectivity index (χ1n) is 7.77. The number of hydrogen-bond donors (Lipinski definition) is 1. The molecule has 0 saturated heterocycles. The van der Waals surface area contributed by atoms with Gasteiger partial charge in [-0.2, -0.15) is 0 Å². The first kappa shape index (κ1) is 16.7. The molecule has 3 rings (SSSR count). The maximum absolute atomic E-state index is 12.4. The highest BCUT2D eigenvalue weighted by molar-refractivity contribution is 5.88. The highest BCUT2D eigenvalue weighted by Gasteiger charge is 2.20. The second-order valence-corrected chi connectivity index (χ2v) is 5.64. The van der Waals surface area contributed by atoms with Gasteiger partial charge in [-0.3, -0.25) is 4.79 Å². The predicted molar refractivity (Wildman–Crippen MR) is 93.0 cm³/mol. The van der Waals surface area contributed by atoms with E-state index in [2.05, 4.69) is 0 Å². The maximum Gasteiger partial charge on any atom is 0.294 e. The van der Waals surface area contributed by atoms with Crippen LogP contribution < -0.4 is 19.6 Å². The molecule has 6 heteroatoms. The number of para-hydroxylation sites is 1. The van der Waals surface area contributed by atoms with Crippen LogP contribution in [0.2, 0.25) is 0 Å². The molecule has 25 heavy (non-hydrogen) atoms. The summed E-state index contributed by atoms with van der Waals surface area (Å²) in [5.41, 5.74) is -0.300. The average Bonchev–Trinajstić information content (AvgIpc) is 2.55. The van der Waals surface area contributed by atoms with Crippen LogP contribution in [-0.2, 0) is 0 Å². The second kappa shape index (κ2) is 6.76. The Kier molecular flexibility index (Phi) is 4.52. The Morgan fingerprint density at radius 2 is 1.84 bits per heavy atom. The number of benzene rings is 2. The van der Waals surface area contributed by atoms with Crippen molar-refractivity contribution in [1.82, 2.24) is 0 Å². The summed E-state index contributed by atoms with van der Waals surface area (Å²) in [7, 11) is 1.39. The van der Waals surface area contributed by atoms with Crippen molar-refractivity contribution >= 4 is 11.0 Å². The lowest BCUT2D eigenvalue weighted by molar-refractivity contribution is 0.227. The molecule has 0 radical (unpaired) electrons.